The lowest BCUT2D eigenvalue weighted by molar-refractivity contribution is 0.0642. The molecular formula is C28H28N2O6. The third-order valence-corrected chi connectivity index (χ3v) is 5.98. The van der Waals surface area contributed by atoms with E-state index in [1.54, 1.807) is 62.8 Å². The lowest BCUT2D eigenvalue weighted by atomic mass is 10.1. The van der Waals surface area contributed by atoms with Gasteiger partial charge in [0.15, 0.2) is 0 Å². The SMILES string of the molecule is CCOc1ccc(CN2C(=O)c3ccccc3C2=O)cc1C(=O)NCCc1ccc(OC)cc1OC. The van der Waals surface area contributed by atoms with Crippen molar-refractivity contribution in [2.24, 2.45) is 0 Å². The van der Waals surface area contributed by atoms with Crippen molar-refractivity contribution in [3.05, 3.63) is 88.5 Å². The van der Waals surface area contributed by atoms with Crippen molar-refractivity contribution < 1.29 is 28.6 Å². The molecule has 0 aliphatic carbocycles. The number of nitrogens with zero attached hydrogens (tertiary/aromatic N) is 1. The van der Waals surface area contributed by atoms with Gasteiger partial charge in [-0.2, -0.15) is 0 Å². The van der Waals surface area contributed by atoms with Gasteiger partial charge in [-0.05, 0) is 54.8 Å². The first kappa shape index (κ1) is 24.8. The first-order valence-corrected chi connectivity index (χ1v) is 11.7. The van der Waals surface area contributed by atoms with Gasteiger partial charge in [0.05, 0.1) is 44.1 Å². The van der Waals surface area contributed by atoms with E-state index < -0.39 is 0 Å². The maximum atomic E-state index is 13.1. The molecule has 0 bridgehead atoms. The highest BCUT2D eigenvalue weighted by Crippen LogP contribution is 2.27. The van der Waals surface area contributed by atoms with Gasteiger partial charge >= 0.3 is 0 Å². The fourth-order valence-corrected chi connectivity index (χ4v) is 4.16. The second kappa shape index (κ2) is 10.9. The van der Waals surface area contributed by atoms with Crippen LogP contribution in [0, 0.1) is 0 Å². The van der Waals surface area contributed by atoms with Gasteiger partial charge in [0.2, 0.25) is 0 Å². The molecule has 1 aliphatic heterocycles. The largest absolute Gasteiger partial charge is 0.497 e. The van der Waals surface area contributed by atoms with Gasteiger partial charge in [0.1, 0.15) is 17.2 Å². The number of nitrogens with one attached hydrogen (secondary N) is 1. The molecule has 0 aromatic heterocycles. The summed E-state index contributed by atoms with van der Waals surface area (Å²) in [5, 5.41) is 2.93. The van der Waals surface area contributed by atoms with Crippen LogP contribution in [0.3, 0.4) is 0 Å². The van der Waals surface area contributed by atoms with Gasteiger partial charge in [-0.15, -0.1) is 0 Å². The average Bonchev–Trinajstić information content (AvgIpc) is 3.14. The number of rotatable bonds is 10. The number of benzene rings is 3. The standard InChI is InChI=1S/C28H28N2O6/c1-4-36-24-12-9-18(17-30-27(32)21-7-5-6-8-22(21)28(30)33)15-23(24)26(31)29-14-13-19-10-11-20(34-2)16-25(19)35-3/h5-12,15-16H,4,13-14,17H2,1-3H3,(H,29,31). The van der Waals surface area contributed by atoms with Gasteiger partial charge in [-0.25, -0.2) is 0 Å². The molecule has 0 radical (unpaired) electrons. The Morgan fingerprint density at radius 3 is 2.25 bits per heavy atom. The highest BCUT2D eigenvalue weighted by molar-refractivity contribution is 6.21. The Morgan fingerprint density at radius 2 is 1.61 bits per heavy atom. The number of carbonyl (C=O) groups is 3. The topological polar surface area (TPSA) is 94.2 Å². The fourth-order valence-electron chi connectivity index (χ4n) is 4.16. The molecule has 3 aromatic carbocycles. The second-order valence-corrected chi connectivity index (χ2v) is 8.19. The van der Waals surface area contributed by atoms with Gasteiger partial charge < -0.3 is 19.5 Å². The zero-order chi connectivity index (χ0) is 25.7. The summed E-state index contributed by atoms with van der Waals surface area (Å²) in [6.45, 7) is 2.66. The normalized spacial score (nSPS) is 12.4. The fraction of sp³-hybridized carbons (Fsp3) is 0.250. The average molecular weight is 489 g/mol. The van der Waals surface area contributed by atoms with Crippen LogP contribution in [0.1, 0.15) is 49.1 Å². The molecule has 0 atom stereocenters. The Morgan fingerprint density at radius 1 is 0.889 bits per heavy atom. The van der Waals surface area contributed by atoms with Crippen LogP contribution in [0.25, 0.3) is 0 Å². The predicted octanol–water partition coefficient (Wildman–Crippen LogP) is 3.87. The summed E-state index contributed by atoms with van der Waals surface area (Å²) in [6, 6.07) is 17.4. The lowest BCUT2D eigenvalue weighted by Gasteiger charge is -2.17. The molecule has 186 valence electrons. The van der Waals surface area contributed by atoms with E-state index in [4.69, 9.17) is 14.2 Å². The summed E-state index contributed by atoms with van der Waals surface area (Å²) in [7, 11) is 3.18. The molecule has 0 saturated heterocycles. The van der Waals surface area contributed by atoms with Crippen LogP contribution in [-0.4, -0.2) is 50.0 Å². The molecule has 0 spiro atoms. The van der Waals surface area contributed by atoms with Crippen molar-refractivity contribution in [2.75, 3.05) is 27.4 Å². The smallest absolute Gasteiger partial charge is 0.261 e. The summed E-state index contributed by atoms with van der Waals surface area (Å²) in [5.74, 6) is 0.809. The molecule has 1 heterocycles. The molecule has 4 rings (SSSR count). The molecule has 8 nitrogen and oxygen atoms in total. The van der Waals surface area contributed by atoms with Crippen molar-refractivity contribution >= 4 is 17.7 Å². The first-order valence-electron chi connectivity index (χ1n) is 11.7. The Kier molecular flexibility index (Phi) is 7.53. The minimum absolute atomic E-state index is 0.0576. The predicted molar refractivity (Wildman–Crippen MR) is 134 cm³/mol. The van der Waals surface area contributed by atoms with Crippen molar-refractivity contribution in [2.45, 2.75) is 19.9 Å². The Labute approximate surface area is 209 Å². The van der Waals surface area contributed by atoms with Gasteiger partial charge in [0, 0.05) is 12.6 Å². The van der Waals surface area contributed by atoms with Crippen molar-refractivity contribution in [3.8, 4) is 17.2 Å². The number of carbonyl (C=O) groups excluding carboxylic acids is 3. The first-order chi connectivity index (χ1) is 17.5. The minimum atomic E-state index is -0.344. The van der Waals surface area contributed by atoms with Crippen LogP contribution in [0.4, 0.5) is 0 Å². The maximum Gasteiger partial charge on any atom is 0.261 e. The van der Waals surface area contributed by atoms with E-state index in [9.17, 15) is 14.4 Å². The number of amides is 3. The van der Waals surface area contributed by atoms with Gasteiger partial charge in [-0.1, -0.05) is 24.3 Å². The molecule has 3 amide bonds. The van der Waals surface area contributed by atoms with E-state index >= 15 is 0 Å². The molecule has 8 heteroatoms. The summed E-state index contributed by atoms with van der Waals surface area (Å²) in [5.41, 5.74) is 2.70. The van der Waals surface area contributed by atoms with E-state index in [0.29, 0.717) is 59.1 Å². The number of methoxy groups -OCH3 is 2. The summed E-state index contributed by atoms with van der Waals surface area (Å²) in [4.78, 5) is 39.8. The lowest BCUT2D eigenvalue weighted by Crippen LogP contribution is -2.30. The Balaban J connectivity index is 1.48. The Hall–Kier alpha value is -4.33. The molecule has 0 saturated carbocycles. The number of fused-ring (bicyclic) bond motifs is 1. The molecule has 3 aromatic rings. The van der Waals surface area contributed by atoms with E-state index in [1.165, 1.54) is 4.90 Å². The molecule has 1 N–H and O–H groups in total. The molecule has 0 unspecified atom stereocenters. The maximum absolute atomic E-state index is 13.1. The van der Waals surface area contributed by atoms with Crippen LogP contribution in [0.2, 0.25) is 0 Å². The van der Waals surface area contributed by atoms with Crippen LogP contribution >= 0.6 is 0 Å². The molecule has 1 aliphatic rings. The van der Waals surface area contributed by atoms with Crippen LogP contribution in [0.5, 0.6) is 17.2 Å². The summed E-state index contributed by atoms with van der Waals surface area (Å²) < 4.78 is 16.3. The van der Waals surface area contributed by atoms with E-state index in [1.807, 2.05) is 19.1 Å². The Bertz CT molecular complexity index is 1270. The van der Waals surface area contributed by atoms with Crippen LogP contribution in [0.15, 0.2) is 60.7 Å². The summed E-state index contributed by atoms with van der Waals surface area (Å²) >= 11 is 0. The number of imide groups is 1. The monoisotopic (exact) mass is 488 g/mol. The van der Waals surface area contributed by atoms with E-state index in [0.717, 1.165) is 5.56 Å². The summed E-state index contributed by atoms with van der Waals surface area (Å²) in [6.07, 6.45) is 0.553. The highest BCUT2D eigenvalue weighted by Gasteiger charge is 2.35. The van der Waals surface area contributed by atoms with E-state index in [-0.39, 0.29) is 24.3 Å². The zero-order valence-corrected chi connectivity index (χ0v) is 20.5. The quantitative estimate of drug-likeness (QED) is 0.436. The number of hydrogen-bond acceptors (Lipinski definition) is 6. The zero-order valence-electron chi connectivity index (χ0n) is 20.5. The third-order valence-electron chi connectivity index (χ3n) is 5.98. The third kappa shape index (κ3) is 5.02. The second-order valence-electron chi connectivity index (χ2n) is 8.19. The highest BCUT2D eigenvalue weighted by atomic mass is 16.5. The minimum Gasteiger partial charge on any atom is -0.497 e. The number of hydrogen-bond donors (Lipinski definition) is 1. The molecule has 0 fully saturated rings. The van der Waals surface area contributed by atoms with Gasteiger partial charge in [0.25, 0.3) is 17.7 Å². The number of ether oxygens (including phenoxy) is 3. The van der Waals surface area contributed by atoms with Crippen molar-refractivity contribution in [3.63, 3.8) is 0 Å². The van der Waals surface area contributed by atoms with E-state index in [2.05, 4.69) is 5.32 Å². The van der Waals surface area contributed by atoms with Gasteiger partial charge in [-0.3, -0.25) is 19.3 Å². The van der Waals surface area contributed by atoms with Crippen molar-refractivity contribution in [1.82, 2.24) is 10.2 Å². The molecular weight excluding hydrogens is 460 g/mol. The molecule has 36 heavy (non-hydrogen) atoms. The van der Waals surface area contributed by atoms with Crippen LogP contribution < -0.4 is 19.5 Å². The van der Waals surface area contributed by atoms with Crippen molar-refractivity contribution in [1.29, 1.82) is 0 Å². The van der Waals surface area contributed by atoms with Crippen LogP contribution in [-0.2, 0) is 13.0 Å².